The zero-order chi connectivity index (χ0) is 22.9. The Kier molecular flexibility index (Phi) is 6.03. The minimum atomic E-state index is -3.56. The number of hydrogen-bond acceptors (Lipinski definition) is 5. The van der Waals surface area contributed by atoms with Gasteiger partial charge in [0.2, 0.25) is 10.0 Å². The number of carbonyl (C=O) groups excluding carboxylic acids is 1. The quantitative estimate of drug-likeness (QED) is 0.541. The average Bonchev–Trinajstić information content (AvgIpc) is 3.26. The molecule has 0 saturated carbocycles. The van der Waals surface area contributed by atoms with Gasteiger partial charge in [-0.3, -0.25) is 9.89 Å². The number of aromatic nitrogens is 2. The highest BCUT2D eigenvalue weighted by molar-refractivity contribution is 7.89. The van der Waals surface area contributed by atoms with Crippen LogP contribution in [-0.4, -0.2) is 46.5 Å². The molecule has 0 spiro atoms. The number of nitrogens with one attached hydrogen (secondary N) is 2. The topological polar surface area (TPSA) is 115 Å². The molecule has 1 amide bonds. The summed E-state index contributed by atoms with van der Waals surface area (Å²) in [6.45, 7) is 4.36. The fourth-order valence-electron chi connectivity index (χ4n) is 3.90. The smallest absolute Gasteiger partial charge is 0.273 e. The van der Waals surface area contributed by atoms with Crippen LogP contribution in [0.3, 0.4) is 0 Å². The second-order valence-electron chi connectivity index (χ2n) is 8.13. The predicted octanol–water partition coefficient (Wildman–Crippen LogP) is 3.91. The van der Waals surface area contributed by atoms with Gasteiger partial charge < -0.3 is 10.4 Å². The molecule has 1 aliphatic rings. The van der Waals surface area contributed by atoms with Gasteiger partial charge in [0.15, 0.2) is 0 Å². The molecule has 32 heavy (non-hydrogen) atoms. The van der Waals surface area contributed by atoms with Gasteiger partial charge in [-0.25, -0.2) is 8.42 Å². The van der Waals surface area contributed by atoms with E-state index in [1.807, 2.05) is 13.8 Å². The molecule has 3 N–H and O–H groups in total. The van der Waals surface area contributed by atoms with Crippen LogP contribution in [0.1, 0.15) is 42.2 Å². The van der Waals surface area contributed by atoms with E-state index in [0.717, 1.165) is 24.8 Å². The molecule has 0 unspecified atom stereocenters. The minimum absolute atomic E-state index is 0.0180. The maximum Gasteiger partial charge on any atom is 0.273 e. The fourth-order valence-corrected chi connectivity index (χ4v) is 5.60. The van der Waals surface area contributed by atoms with Crippen LogP contribution in [0.4, 0.5) is 5.69 Å². The summed E-state index contributed by atoms with van der Waals surface area (Å²) < 4.78 is 27.4. The van der Waals surface area contributed by atoms with Gasteiger partial charge in [-0.2, -0.15) is 9.40 Å². The number of aryl methyl sites for hydroxylation is 1. The zero-order valence-electron chi connectivity index (χ0n) is 18.0. The molecule has 0 bridgehead atoms. The summed E-state index contributed by atoms with van der Waals surface area (Å²) in [6.07, 6.45) is 2.76. The first-order valence-electron chi connectivity index (χ1n) is 10.5. The van der Waals surface area contributed by atoms with Gasteiger partial charge in [0.25, 0.3) is 5.91 Å². The standard InChI is InChI=1S/C23H26N4O4S/c1-15-6-11-22(28)19(13-15)20-14-21(26-25-20)23(29)24-17-7-9-18(10-8-17)32(30,31)27-12-4-3-5-16(27)2/h6-11,13-14,16,28H,3-5,12H2,1-2H3,(H,24,29)(H,25,26)/t16-/m0/s1. The van der Waals surface area contributed by atoms with Crippen molar-refractivity contribution in [2.75, 3.05) is 11.9 Å². The molecule has 8 nitrogen and oxygen atoms in total. The number of nitrogens with zero attached hydrogens (tertiary/aromatic N) is 2. The fraction of sp³-hybridized carbons (Fsp3) is 0.304. The first kappa shape index (κ1) is 22.0. The number of piperidine rings is 1. The van der Waals surface area contributed by atoms with E-state index in [4.69, 9.17) is 0 Å². The number of rotatable bonds is 5. The van der Waals surface area contributed by atoms with Gasteiger partial charge in [0.1, 0.15) is 11.4 Å². The first-order chi connectivity index (χ1) is 15.3. The van der Waals surface area contributed by atoms with Gasteiger partial charge in [-0.1, -0.05) is 18.1 Å². The summed E-state index contributed by atoms with van der Waals surface area (Å²) in [6, 6.07) is 12.9. The number of phenolic OH excluding ortho intramolecular Hbond substituents is 1. The lowest BCUT2D eigenvalue weighted by Gasteiger charge is -2.32. The number of phenols is 1. The van der Waals surface area contributed by atoms with Gasteiger partial charge >= 0.3 is 0 Å². The second-order valence-corrected chi connectivity index (χ2v) is 10.0. The van der Waals surface area contributed by atoms with E-state index in [0.29, 0.717) is 23.5 Å². The Morgan fingerprint density at radius 1 is 1.16 bits per heavy atom. The summed E-state index contributed by atoms with van der Waals surface area (Å²) in [5, 5.41) is 19.6. The molecule has 1 saturated heterocycles. The van der Waals surface area contributed by atoms with E-state index in [1.54, 1.807) is 40.7 Å². The van der Waals surface area contributed by atoms with Crippen molar-refractivity contribution in [3.8, 4) is 17.0 Å². The molecule has 3 aromatic rings. The van der Waals surface area contributed by atoms with Crippen molar-refractivity contribution in [3.63, 3.8) is 0 Å². The summed E-state index contributed by atoms with van der Waals surface area (Å²) in [7, 11) is -3.56. The number of benzene rings is 2. The van der Waals surface area contributed by atoms with Crippen molar-refractivity contribution < 1.29 is 18.3 Å². The van der Waals surface area contributed by atoms with E-state index in [2.05, 4.69) is 15.5 Å². The number of carbonyl (C=O) groups is 1. The largest absolute Gasteiger partial charge is 0.507 e. The number of hydrogen-bond donors (Lipinski definition) is 3. The molecule has 2 heterocycles. The Balaban J connectivity index is 1.48. The first-order valence-corrected chi connectivity index (χ1v) is 12.0. The molecule has 1 fully saturated rings. The summed E-state index contributed by atoms with van der Waals surface area (Å²) in [5.74, 6) is -0.343. The summed E-state index contributed by atoms with van der Waals surface area (Å²) in [4.78, 5) is 12.8. The predicted molar refractivity (Wildman–Crippen MR) is 122 cm³/mol. The van der Waals surface area contributed by atoms with Crippen LogP contribution in [0.15, 0.2) is 53.4 Å². The molecule has 1 aromatic heterocycles. The number of sulfonamides is 1. The van der Waals surface area contributed by atoms with Crippen LogP contribution in [0.2, 0.25) is 0 Å². The molecule has 4 rings (SSSR count). The van der Waals surface area contributed by atoms with Crippen molar-refractivity contribution in [2.45, 2.75) is 44.0 Å². The SMILES string of the molecule is Cc1ccc(O)c(-c2cc(C(=O)Nc3ccc(S(=O)(=O)N4CCCC[C@@H]4C)cc3)[nH]n2)c1. The van der Waals surface area contributed by atoms with Gasteiger partial charge in [-0.05, 0) is 69.2 Å². The monoisotopic (exact) mass is 454 g/mol. The molecule has 1 atom stereocenters. The van der Waals surface area contributed by atoms with Crippen molar-refractivity contribution in [2.24, 2.45) is 0 Å². The van der Waals surface area contributed by atoms with E-state index >= 15 is 0 Å². The van der Waals surface area contributed by atoms with Gasteiger partial charge in [0, 0.05) is 23.8 Å². The van der Waals surface area contributed by atoms with E-state index in [-0.39, 0.29) is 22.4 Å². The number of aromatic hydroxyl groups is 1. The van der Waals surface area contributed by atoms with Gasteiger partial charge in [-0.15, -0.1) is 0 Å². The Bertz CT molecular complexity index is 1240. The van der Waals surface area contributed by atoms with Crippen LogP contribution in [0.25, 0.3) is 11.3 Å². The maximum atomic E-state index is 12.9. The molecule has 2 aromatic carbocycles. The number of aromatic amines is 1. The van der Waals surface area contributed by atoms with E-state index in [1.165, 1.54) is 12.1 Å². The third-order valence-electron chi connectivity index (χ3n) is 5.71. The van der Waals surface area contributed by atoms with Crippen LogP contribution in [0.5, 0.6) is 5.75 Å². The third kappa shape index (κ3) is 4.39. The Hall–Kier alpha value is -3.17. The molecule has 168 valence electrons. The van der Waals surface area contributed by atoms with Crippen LogP contribution in [0, 0.1) is 6.92 Å². The lowest BCUT2D eigenvalue weighted by molar-refractivity contribution is 0.102. The number of amides is 1. The average molecular weight is 455 g/mol. The highest BCUT2D eigenvalue weighted by Crippen LogP contribution is 2.29. The zero-order valence-corrected chi connectivity index (χ0v) is 18.8. The maximum absolute atomic E-state index is 12.9. The van der Waals surface area contributed by atoms with Crippen molar-refractivity contribution >= 4 is 21.6 Å². The Morgan fingerprint density at radius 2 is 1.91 bits per heavy atom. The molecular weight excluding hydrogens is 428 g/mol. The van der Waals surface area contributed by atoms with Crippen LogP contribution >= 0.6 is 0 Å². The minimum Gasteiger partial charge on any atom is -0.507 e. The molecule has 9 heteroatoms. The Morgan fingerprint density at radius 3 is 2.62 bits per heavy atom. The lowest BCUT2D eigenvalue weighted by Crippen LogP contribution is -2.41. The van der Waals surface area contributed by atoms with Crippen molar-refractivity contribution in [1.82, 2.24) is 14.5 Å². The molecule has 0 aliphatic carbocycles. The highest BCUT2D eigenvalue weighted by Gasteiger charge is 2.30. The van der Waals surface area contributed by atoms with Gasteiger partial charge in [0.05, 0.1) is 10.6 Å². The Labute approximate surface area is 187 Å². The molecule has 1 aliphatic heterocycles. The highest BCUT2D eigenvalue weighted by atomic mass is 32.2. The number of H-pyrrole nitrogens is 1. The van der Waals surface area contributed by atoms with Crippen LogP contribution < -0.4 is 5.32 Å². The molecule has 0 radical (unpaired) electrons. The van der Waals surface area contributed by atoms with Crippen molar-refractivity contribution in [3.05, 3.63) is 59.8 Å². The normalized spacial score (nSPS) is 17.2. The summed E-state index contributed by atoms with van der Waals surface area (Å²) in [5.41, 5.74) is 2.63. The van der Waals surface area contributed by atoms with E-state index in [9.17, 15) is 18.3 Å². The van der Waals surface area contributed by atoms with E-state index < -0.39 is 15.9 Å². The van der Waals surface area contributed by atoms with Crippen molar-refractivity contribution in [1.29, 1.82) is 0 Å². The number of anilines is 1. The molecular formula is C23H26N4O4S. The summed E-state index contributed by atoms with van der Waals surface area (Å²) >= 11 is 0. The lowest BCUT2D eigenvalue weighted by atomic mass is 10.1. The second kappa shape index (κ2) is 8.76. The van der Waals surface area contributed by atoms with Crippen LogP contribution in [-0.2, 0) is 10.0 Å². The third-order valence-corrected chi connectivity index (χ3v) is 7.74.